The molecule has 0 amide bonds. The third-order valence-electron chi connectivity index (χ3n) is 2.96. The minimum Gasteiger partial charge on any atom is -0.306 e. The van der Waals surface area contributed by atoms with E-state index in [0.29, 0.717) is 22.7 Å². The predicted molar refractivity (Wildman–Crippen MR) is 73.0 cm³/mol. The Hall–Kier alpha value is -1.52. The fourth-order valence-electron chi connectivity index (χ4n) is 1.95. The summed E-state index contributed by atoms with van der Waals surface area (Å²) in [4.78, 5) is 0. The van der Waals surface area contributed by atoms with E-state index in [-0.39, 0.29) is 6.04 Å². The molecule has 0 fully saturated rings. The standard InChI is InChI=1S/C15H13ClF3N/c1-9(14-3-2-12(17)7-15(14)19)20-8-10-4-11(16)6-13(18)5-10/h2-7,9,20H,8H2,1H3. The summed E-state index contributed by atoms with van der Waals surface area (Å²) in [6.45, 7) is 2.08. The smallest absolute Gasteiger partial charge is 0.130 e. The van der Waals surface area contributed by atoms with Gasteiger partial charge < -0.3 is 5.32 Å². The lowest BCUT2D eigenvalue weighted by molar-refractivity contribution is 0.516. The summed E-state index contributed by atoms with van der Waals surface area (Å²) in [7, 11) is 0. The van der Waals surface area contributed by atoms with Crippen molar-refractivity contribution in [3.05, 3.63) is 70.0 Å². The van der Waals surface area contributed by atoms with E-state index in [1.807, 2.05) is 0 Å². The van der Waals surface area contributed by atoms with Gasteiger partial charge in [-0.3, -0.25) is 0 Å². The zero-order valence-electron chi connectivity index (χ0n) is 10.8. The van der Waals surface area contributed by atoms with E-state index in [0.717, 1.165) is 6.07 Å². The van der Waals surface area contributed by atoms with Gasteiger partial charge in [-0.2, -0.15) is 0 Å². The molecule has 106 valence electrons. The maximum atomic E-state index is 13.6. The topological polar surface area (TPSA) is 12.0 Å². The second kappa shape index (κ2) is 6.29. The molecule has 0 saturated heterocycles. The van der Waals surface area contributed by atoms with Crippen LogP contribution in [0, 0.1) is 17.5 Å². The lowest BCUT2D eigenvalue weighted by atomic mass is 10.1. The summed E-state index contributed by atoms with van der Waals surface area (Å²) in [6.07, 6.45) is 0. The molecule has 0 aliphatic carbocycles. The molecular formula is C15H13ClF3N. The molecule has 0 aliphatic heterocycles. The Morgan fingerprint density at radius 2 is 1.80 bits per heavy atom. The first kappa shape index (κ1) is 14.9. The van der Waals surface area contributed by atoms with Gasteiger partial charge in [-0.15, -0.1) is 0 Å². The normalized spacial score (nSPS) is 12.4. The highest BCUT2D eigenvalue weighted by atomic mass is 35.5. The average molecular weight is 300 g/mol. The zero-order valence-corrected chi connectivity index (χ0v) is 11.5. The van der Waals surface area contributed by atoms with Crippen LogP contribution in [0.3, 0.4) is 0 Å². The van der Waals surface area contributed by atoms with Crippen LogP contribution < -0.4 is 5.32 Å². The summed E-state index contributed by atoms with van der Waals surface area (Å²) < 4.78 is 39.6. The van der Waals surface area contributed by atoms with Crippen molar-refractivity contribution in [1.82, 2.24) is 5.32 Å². The molecule has 2 aromatic carbocycles. The Bertz CT molecular complexity index is 596. The number of hydrogen-bond acceptors (Lipinski definition) is 1. The van der Waals surface area contributed by atoms with E-state index >= 15 is 0 Å². The molecule has 2 aromatic rings. The number of hydrogen-bond donors (Lipinski definition) is 1. The molecule has 0 heterocycles. The number of halogens is 4. The molecule has 1 N–H and O–H groups in total. The first-order chi connectivity index (χ1) is 9.45. The van der Waals surface area contributed by atoms with Gasteiger partial charge >= 0.3 is 0 Å². The Morgan fingerprint density at radius 1 is 1.05 bits per heavy atom. The molecule has 1 atom stereocenters. The van der Waals surface area contributed by atoms with Crippen LogP contribution in [0.2, 0.25) is 5.02 Å². The Kier molecular flexibility index (Phi) is 4.68. The van der Waals surface area contributed by atoms with Gasteiger partial charge in [-0.25, -0.2) is 13.2 Å². The predicted octanol–water partition coefficient (Wildman–Crippen LogP) is 4.61. The fraction of sp³-hybridized carbons (Fsp3) is 0.200. The second-order valence-corrected chi connectivity index (χ2v) is 4.98. The lowest BCUT2D eigenvalue weighted by Crippen LogP contribution is -2.19. The van der Waals surface area contributed by atoms with Crippen LogP contribution in [0.1, 0.15) is 24.1 Å². The van der Waals surface area contributed by atoms with Gasteiger partial charge in [0.05, 0.1) is 0 Å². The van der Waals surface area contributed by atoms with Gasteiger partial charge in [0.25, 0.3) is 0 Å². The molecule has 0 aliphatic rings. The van der Waals surface area contributed by atoms with E-state index in [4.69, 9.17) is 11.6 Å². The summed E-state index contributed by atoms with van der Waals surface area (Å²) in [5.74, 6) is -1.65. The quantitative estimate of drug-likeness (QED) is 0.869. The molecule has 5 heteroatoms. The SMILES string of the molecule is CC(NCc1cc(F)cc(Cl)c1)c1ccc(F)cc1F. The van der Waals surface area contributed by atoms with E-state index < -0.39 is 17.5 Å². The van der Waals surface area contributed by atoms with Gasteiger partial charge in [0.2, 0.25) is 0 Å². The molecular weight excluding hydrogens is 287 g/mol. The third-order valence-corrected chi connectivity index (χ3v) is 3.18. The van der Waals surface area contributed by atoms with E-state index in [1.165, 1.54) is 24.3 Å². The van der Waals surface area contributed by atoms with Crippen molar-refractivity contribution in [3.8, 4) is 0 Å². The molecule has 0 bridgehead atoms. The van der Waals surface area contributed by atoms with Crippen molar-refractivity contribution in [3.63, 3.8) is 0 Å². The van der Waals surface area contributed by atoms with Crippen molar-refractivity contribution in [2.75, 3.05) is 0 Å². The van der Waals surface area contributed by atoms with E-state index in [2.05, 4.69) is 5.32 Å². The minimum absolute atomic E-state index is 0.308. The largest absolute Gasteiger partial charge is 0.306 e. The van der Waals surface area contributed by atoms with E-state index in [1.54, 1.807) is 13.0 Å². The first-order valence-electron chi connectivity index (χ1n) is 6.09. The third kappa shape index (κ3) is 3.74. The molecule has 0 aromatic heterocycles. The van der Waals surface area contributed by atoms with Crippen LogP contribution >= 0.6 is 11.6 Å². The maximum absolute atomic E-state index is 13.6. The van der Waals surface area contributed by atoms with Crippen LogP contribution in [0.4, 0.5) is 13.2 Å². The van der Waals surface area contributed by atoms with Crippen molar-refractivity contribution >= 4 is 11.6 Å². The summed E-state index contributed by atoms with van der Waals surface area (Å²) in [5, 5.41) is 3.35. The number of rotatable bonds is 4. The van der Waals surface area contributed by atoms with Gasteiger partial charge in [-0.1, -0.05) is 17.7 Å². The van der Waals surface area contributed by atoms with E-state index in [9.17, 15) is 13.2 Å². The molecule has 0 saturated carbocycles. The highest BCUT2D eigenvalue weighted by molar-refractivity contribution is 6.30. The van der Waals surface area contributed by atoms with Crippen LogP contribution in [-0.4, -0.2) is 0 Å². The highest BCUT2D eigenvalue weighted by Gasteiger charge is 2.11. The summed E-state index contributed by atoms with van der Waals surface area (Å²) >= 11 is 5.76. The Labute approximate surface area is 120 Å². The first-order valence-corrected chi connectivity index (χ1v) is 6.47. The van der Waals surface area contributed by atoms with Crippen LogP contribution in [0.15, 0.2) is 36.4 Å². The minimum atomic E-state index is -0.615. The van der Waals surface area contributed by atoms with Crippen LogP contribution in [0.5, 0.6) is 0 Å². The molecule has 20 heavy (non-hydrogen) atoms. The van der Waals surface area contributed by atoms with Gasteiger partial charge in [0, 0.05) is 29.2 Å². The van der Waals surface area contributed by atoms with Crippen molar-refractivity contribution < 1.29 is 13.2 Å². The Morgan fingerprint density at radius 3 is 2.45 bits per heavy atom. The maximum Gasteiger partial charge on any atom is 0.130 e. The number of nitrogens with one attached hydrogen (secondary N) is 1. The molecule has 1 unspecified atom stereocenters. The average Bonchev–Trinajstić information content (AvgIpc) is 2.35. The van der Waals surface area contributed by atoms with Crippen molar-refractivity contribution in [2.24, 2.45) is 0 Å². The molecule has 2 rings (SSSR count). The second-order valence-electron chi connectivity index (χ2n) is 4.55. The summed E-state index contributed by atoms with van der Waals surface area (Å²) in [5.41, 5.74) is 1.01. The summed E-state index contributed by atoms with van der Waals surface area (Å²) in [6, 6.07) is 7.30. The van der Waals surface area contributed by atoms with Gasteiger partial charge in [-0.05, 0) is 36.8 Å². The molecule has 0 spiro atoms. The van der Waals surface area contributed by atoms with Gasteiger partial charge in [0.1, 0.15) is 17.5 Å². The lowest BCUT2D eigenvalue weighted by Gasteiger charge is -2.15. The Balaban J connectivity index is 2.06. The van der Waals surface area contributed by atoms with Crippen LogP contribution in [-0.2, 0) is 6.54 Å². The van der Waals surface area contributed by atoms with Crippen molar-refractivity contribution in [2.45, 2.75) is 19.5 Å². The van der Waals surface area contributed by atoms with Crippen LogP contribution in [0.25, 0.3) is 0 Å². The zero-order chi connectivity index (χ0) is 14.7. The number of benzene rings is 2. The van der Waals surface area contributed by atoms with Crippen molar-refractivity contribution in [1.29, 1.82) is 0 Å². The van der Waals surface area contributed by atoms with Gasteiger partial charge in [0.15, 0.2) is 0 Å². The fourth-order valence-corrected chi connectivity index (χ4v) is 2.19. The monoisotopic (exact) mass is 299 g/mol. The molecule has 0 radical (unpaired) electrons. The molecule has 1 nitrogen and oxygen atoms in total. The highest BCUT2D eigenvalue weighted by Crippen LogP contribution is 2.19.